The number of pyridine rings is 1. The molecule has 1 fully saturated rings. The predicted octanol–water partition coefficient (Wildman–Crippen LogP) is 3.93. The summed E-state index contributed by atoms with van der Waals surface area (Å²) in [6, 6.07) is 10.6. The second-order valence-corrected chi connectivity index (χ2v) is 10.4. The molecule has 0 bridgehead atoms. The van der Waals surface area contributed by atoms with Crippen molar-refractivity contribution in [2.24, 2.45) is 0 Å². The molecule has 196 valence electrons. The summed E-state index contributed by atoms with van der Waals surface area (Å²) < 4.78 is 66.7. The first-order chi connectivity index (χ1) is 17.3. The molecule has 0 unspecified atom stereocenters. The number of carbonyl (C=O) groups excluding carboxylic acids is 1. The largest absolute Gasteiger partial charge is 0.504 e. The van der Waals surface area contributed by atoms with Gasteiger partial charge in [-0.05, 0) is 54.6 Å². The number of sulfonamides is 1. The zero-order valence-corrected chi connectivity index (χ0v) is 20.5. The second-order valence-electron chi connectivity index (χ2n) is 8.11. The van der Waals surface area contributed by atoms with E-state index in [4.69, 9.17) is 11.6 Å². The Morgan fingerprint density at radius 1 is 0.946 bits per heavy atom. The van der Waals surface area contributed by atoms with Crippen molar-refractivity contribution in [2.45, 2.75) is 11.1 Å². The van der Waals surface area contributed by atoms with Gasteiger partial charge in [-0.1, -0.05) is 11.6 Å². The topological polar surface area (TPSA) is 123 Å². The molecule has 37 heavy (non-hydrogen) atoms. The highest BCUT2D eigenvalue weighted by atomic mass is 35.5. The number of nitrogens with one attached hydrogen (secondary N) is 1. The summed E-state index contributed by atoms with van der Waals surface area (Å²) in [5, 5.41) is 21.2. The molecule has 14 heteroatoms. The number of carbonyl (C=O) groups is 1. The number of aromatic hydroxyl groups is 2. The first kappa shape index (κ1) is 26.5. The maximum Gasteiger partial charge on any atom is 0.416 e. The van der Waals surface area contributed by atoms with Crippen LogP contribution >= 0.6 is 11.6 Å². The van der Waals surface area contributed by atoms with Gasteiger partial charge in [0, 0.05) is 37.4 Å². The molecule has 2 heterocycles. The van der Waals surface area contributed by atoms with Crippen LogP contribution in [-0.4, -0.2) is 60.0 Å². The molecule has 0 saturated carbocycles. The average molecular weight is 557 g/mol. The zero-order valence-electron chi connectivity index (χ0n) is 18.9. The molecule has 1 saturated heterocycles. The maximum absolute atomic E-state index is 13.1. The Labute approximate surface area is 214 Å². The van der Waals surface area contributed by atoms with Gasteiger partial charge in [-0.15, -0.1) is 0 Å². The number of alkyl halides is 3. The summed E-state index contributed by atoms with van der Waals surface area (Å²) in [5.74, 6) is -1.40. The SMILES string of the molecule is O=C(Nc1ccc(S(=O)(=O)N2CCN(c3cc(C(F)(F)F)cc(Cl)n3)CC2)cc1)c1ccc(O)c(O)c1. The maximum atomic E-state index is 13.1. The highest BCUT2D eigenvalue weighted by Gasteiger charge is 2.33. The number of phenolic OH excluding ortho intramolecular Hbond substituents is 2. The quantitative estimate of drug-likeness (QED) is 0.321. The number of phenols is 2. The van der Waals surface area contributed by atoms with Gasteiger partial charge < -0.3 is 20.4 Å². The number of rotatable bonds is 5. The van der Waals surface area contributed by atoms with Crippen LogP contribution < -0.4 is 10.2 Å². The molecule has 9 nitrogen and oxygen atoms in total. The number of amides is 1. The minimum absolute atomic E-state index is 0.0129. The van der Waals surface area contributed by atoms with Crippen LogP contribution in [-0.2, 0) is 16.2 Å². The minimum Gasteiger partial charge on any atom is -0.504 e. The third-order valence-corrected chi connectivity index (χ3v) is 7.76. The molecule has 3 N–H and O–H groups in total. The summed E-state index contributed by atoms with van der Waals surface area (Å²) in [6.45, 7) is 0.246. The number of hydrogen-bond acceptors (Lipinski definition) is 7. The van der Waals surface area contributed by atoms with E-state index in [1.807, 2.05) is 0 Å². The van der Waals surface area contributed by atoms with Crippen molar-refractivity contribution in [1.82, 2.24) is 9.29 Å². The van der Waals surface area contributed by atoms with E-state index in [0.717, 1.165) is 24.3 Å². The second kappa shape index (κ2) is 10.1. The Balaban J connectivity index is 1.41. The number of aromatic nitrogens is 1. The fraction of sp³-hybridized carbons (Fsp3) is 0.217. The first-order valence-electron chi connectivity index (χ1n) is 10.8. The first-order valence-corrected chi connectivity index (χ1v) is 12.6. The molecular weight excluding hydrogens is 537 g/mol. The molecule has 3 aromatic rings. The van der Waals surface area contributed by atoms with Gasteiger partial charge >= 0.3 is 6.18 Å². The fourth-order valence-electron chi connectivity index (χ4n) is 3.69. The number of benzene rings is 2. The molecule has 4 rings (SSSR count). The average Bonchev–Trinajstić information content (AvgIpc) is 2.85. The predicted molar refractivity (Wildman–Crippen MR) is 129 cm³/mol. The highest BCUT2D eigenvalue weighted by Crippen LogP contribution is 2.33. The van der Waals surface area contributed by atoms with Crippen molar-refractivity contribution in [3.63, 3.8) is 0 Å². The lowest BCUT2D eigenvalue weighted by Gasteiger charge is -2.35. The van der Waals surface area contributed by atoms with Crippen LogP contribution in [0.25, 0.3) is 0 Å². The molecule has 0 atom stereocenters. The van der Waals surface area contributed by atoms with Gasteiger partial charge in [0.25, 0.3) is 5.91 Å². The van der Waals surface area contributed by atoms with Crippen LogP contribution in [0.4, 0.5) is 24.7 Å². The van der Waals surface area contributed by atoms with E-state index in [1.54, 1.807) is 0 Å². The molecule has 1 aliphatic heterocycles. The van der Waals surface area contributed by atoms with Crippen molar-refractivity contribution in [2.75, 3.05) is 36.4 Å². The number of anilines is 2. The summed E-state index contributed by atoms with van der Waals surface area (Å²) in [4.78, 5) is 17.8. The van der Waals surface area contributed by atoms with E-state index < -0.39 is 33.4 Å². The van der Waals surface area contributed by atoms with Crippen molar-refractivity contribution in [1.29, 1.82) is 0 Å². The molecule has 2 aromatic carbocycles. The summed E-state index contributed by atoms with van der Waals surface area (Å²) in [7, 11) is -3.91. The third-order valence-electron chi connectivity index (χ3n) is 5.66. The van der Waals surface area contributed by atoms with Crippen molar-refractivity contribution in [3.05, 3.63) is 70.9 Å². The van der Waals surface area contributed by atoms with Crippen molar-refractivity contribution >= 4 is 39.0 Å². The Morgan fingerprint density at radius 2 is 1.59 bits per heavy atom. The molecule has 1 aromatic heterocycles. The van der Waals surface area contributed by atoms with E-state index in [-0.39, 0.29) is 53.4 Å². The highest BCUT2D eigenvalue weighted by molar-refractivity contribution is 7.89. The fourth-order valence-corrected chi connectivity index (χ4v) is 5.32. The third kappa shape index (κ3) is 5.89. The van der Waals surface area contributed by atoms with Crippen LogP contribution in [0.5, 0.6) is 11.5 Å². The number of piperazine rings is 1. The summed E-state index contributed by atoms with van der Waals surface area (Å²) in [6.07, 6.45) is -4.59. The molecule has 1 aliphatic rings. The summed E-state index contributed by atoms with van der Waals surface area (Å²) in [5.41, 5.74) is -0.554. The zero-order chi connectivity index (χ0) is 27.0. The van der Waals surface area contributed by atoms with E-state index in [9.17, 15) is 36.6 Å². The molecule has 0 spiro atoms. The number of halogens is 4. The lowest BCUT2D eigenvalue weighted by Crippen LogP contribution is -2.49. The number of hydrogen-bond donors (Lipinski definition) is 3. The normalized spacial score (nSPS) is 15.0. The monoisotopic (exact) mass is 556 g/mol. The summed E-state index contributed by atoms with van der Waals surface area (Å²) >= 11 is 5.76. The smallest absolute Gasteiger partial charge is 0.416 e. The van der Waals surface area contributed by atoms with Crippen LogP contribution in [0.3, 0.4) is 0 Å². The van der Waals surface area contributed by atoms with E-state index in [0.29, 0.717) is 5.69 Å². The molecular formula is C23H20ClF3N4O5S. The standard InChI is InChI=1S/C23H20ClF3N4O5S/c24-20-12-15(23(25,26)27)13-21(29-20)30-7-9-31(10-8-30)37(35,36)17-4-2-16(3-5-17)28-22(34)14-1-6-18(32)19(33)11-14/h1-6,11-13,32-33H,7-10H2,(H,28,34). The van der Waals surface area contributed by atoms with Gasteiger partial charge in [0.05, 0.1) is 10.5 Å². The Kier molecular flexibility index (Phi) is 7.22. The Morgan fingerprint density at radius 3 is 2.19 bits per heavy atom. The van der Waals surface area contributed by atoms with Gasteiger partial charge in [0.15, 0.2) is 11.5 Å². The molecule has 1 amide bonds. The lowest BCUT2D eigenvalue weighted by atomic mass is 10.2. The van der Waals surface area contributed by atoms with Crippen LogP contribution in [0.15, 0.2) is 59.5 Å². The van der Waals surface area contributed by atoms with Crippen LogP contribution in [0.2, 0.25) is 5.15 Å². The Hall–Kier alpha value is -3.55. The van der Waals surface area contributed by atoms with Crippen molar-refractivity contribution < 1.29 is 36.6 Å². The van der Waals surface area contributed by atoms with Gasteiger partial charge in [-0.2, -0.15) is 17.5 Å². The van der Waals surface area contributed by atoms with E-state index in [1.165, 1.54) is 39.5 Å². The molecule has 0 radical (unpaired) electrons. The van der Waals surface area contributed by atoms with Gasteiger partial charge in [-0.3, -0.25) is 4.79 Å². The van der Waals surface area contributed by atoms with Crippen LogP contribution in [0.1, 0.15) is 15.9 Å². The molecule has 0 aliphatic carbocycles. The van der Waals surface area contributed by atoms with Gasteiger partial charge in [-0.25, -0.2) is 13.4 Å². The minimum atomic E-state index is -4.59. The van der Waals surface area contributed by atoms with Gasteiger partial charge in [0.1, 0.15) is 11.0 Å². The van der Waals surface area contributed by atoms with Crippen LogP contribution in [0, 0.1) is 0 Å². The van der Waals surface area contributed by atoms with E-state index in [2.05, 4.69) is 10.3 Å². The number of nitrogens with zero attached hydrogens (tertiary/aromatic N) is 3. The van der Waals surface area contributed by atoms with Gasteiger partial charge in [0.2, 0.25) is 10.0 Å². The Bertz CT molecular complexity index is 1430. The van der Waals surface area contributed by atoms with E-state index >= 15 is 0 Å². The lowest BCUT2D eigenvalue weighted by molar-refractivity contribution is -0.137. The van der Waals surface area contributed by atoms with Crippen molar-refractivity contribution in [3.8, 4) is 11.5 Å².